The molecule has 5 rings (SSSR count). The molecule has 1 amide bonds. The summed E-state index contributed by atoms with van der Waals surface area (Å²) >= 11 is 12.3. The Bertz CT molecular complexity index is 1670. The lowest BCUT2D eigenvalue weighted by atomic mass is 9.89. The van der Waals surface area contributed by atoms with Crippen LogP contribution in [0.25, 0.3) is 10.9 Å². The minimum atomic E-state index is -4.37. The van der Waals surface area contributed by atoms with Crippen LogP contribution in [0.4, 0.5) is 18.9 Å². The van der Waals surface area contributed by atoms with Gasteiger partial charge in [-0.05, 0) is 66.8 Å². The number of H-pyrrole nitrogens is 1. The van der Waals surface area contributed by atoms with Crippen LogP contribution in [0.2, 0.25) is 10.0 Å². The number of hydrogen-bond acceptors (Lipinski definition) is 4. The molecule has 0 saturated carbocycles. The number of rotatable bonds is 6. The van der Waals surface area contributed by atoms with Crippen LogP contribution in [-0.2, 0) is 10.0 Å². The van der Waals surface area contributed by atoms with Crippen molar-refractivity contribution in [1.29, 1.82) is 0 Å². The number of benzene rings is 2. The van der Waals surface area contributed by atoms with Crippen LogP contribution >= 0.6 is 23.2 Å². The number of amides is 1. The van der Waals surface area contributed by atoms with Crippen LogP contribution in [-0.4, -0.2) is 42.3 Å². The Balaban J connectivity index is 1.29. The molecule has 2 N–H and O–H groups in total. The number of fused-ring (bicyclic) bond motifs is 1. The highest BCUT2D eigenvalue weighted by molar-refractivity contribution is 7.92. The Morgan fingerprint density at radius 3 is 2.51 bits per heavy atom. The molecule has 0 radical (unpaired) electrons. The van der Waals surface area contributed by atoms with Gasteiger partial charge in [0.05, 0.1) is 21.2 Å². The monoisotopic (exact) mass is 596 g/mol. The van der Waals surface area contributed by atoms with Gasteiger partial charge in [-0.3, -0.25) is 14.5 Å². The number of halogens is 5. The van der Waals surface area contributed by atoms with E-state index in [4.69, 9.17) is 23.2 Å². The molecule has 13 heteroatoms. The standard InChI is InChI=1S/C26H21Cl2F3N4O3S/c27-17-2-3-20(24-23(17)18(28)13-33-24)34-39(37,38)22-4-1-16(11-19(22)29)26(36)35-9-6-14(7-10-35)15-5-8-32-21(12-15)25(30)31/h1-5,8,11-14,25,33-34H,6-7,9-10H2. The largest absolute Gasteiger partial charge is 0.358 e. The van der Waals surface area contributed by atoms with Gasteiger partial charge in [-0.1, -0.05) is 23.2 Å². The summed E-state index contributed by atoms with van der Waals surface area (Å²) in [6, 6.07) is 9.15. The third-order valence-electron chi connectivity index (χ3n) is 6.73. The number of aromatic amines is 1. The number of carbonyl (C=O) groups excluding carboxylic acids is 1. The molecule has 204 valence electrons. The van der Waals surface area contributed by atoms with E-state index in [2.05, 4.69) is 14.7 Å². The number of piperidine rings is 1. The fraction of sp³-hybridized carbons (Fsp3) is 0.231. The van der Waals surface area contributed by atoms with Gasteiger partial charge in [0.2, 0.25) is 0 Å². The number of hydrogen-bond donors (Lipinski definition) is 2. The molecule has 7 nitrogen and oxygen atoms in total. The number of anilines is 1. The van der Waals surface area contributed by atoms with Crippen molar-refractivity contribution in [3.8, 4) is 0 Å². The predicted molar refractivity (Wildman–Crippen MR) is 143 cm³/mol. The van der Waals surface area contributed by atoms with Crippen LogP contribution in [0.15, 0.2) is 59.8 Å². The van der Waals surface area contributed by atoms with Crippen LogP contribution in [0, 0.1) is 5.82 Å². The van der Waals surface area contributed by atoms with Crippen molar-refractivity contribution in [2.45, 2.75) is 30.1 Å². The fourth-order valence-electron chi connectivity index (χ4n) is 4.74. The minimum absolute atomic E-state index is 0.00108. The van der Waals surface area contributed by atoms with Crippen molar-refractivity contribution in [2.75, 3.05) is 17.8 Å². The summed E-state index contributed by atoms with van der Waals surface area (Å²) in [7, 11) is -4.37. The number of nitrogens with zero attached hydrogens (tertiary/aromatic N) is 2. The molecular formula is C26H21Cl2F3N4O3S. The number of nitrogens with one attached hydrogen (secondary N) is 2. The van der Waals surface area contributed by atoms with Gasteiger partial charge < -0.3 is 9.88 Å². The SMILES string of the molecule is O=C(c1ccc(S(=O)(=O)Nc2ccc(Cl)c3c(Cl)c[nH]c23)c(F)c1)N1CCC(c2ccnc(C(F)F)c2)CC1. The molecule has 39 heavy (non-hydrogen) atoms. The van der Waals surface area contributed by atoms with E-state index in [1.807, 2.05) is 0 Å². The van der Waals surface area contributed by atoms with Crippen LogP contribution in [0.3, 0.4) is 0 Å². The second kappa shape index (κ2) is 10.7. The Morgan fingerprint density at radius 1 is 1.08 bits per heavy atom. The normalized spacial score (nSPS) is 14.8. The Hall–Kier alpha value is -3.28. The van der Waals surface area contributed by atoms with Crippen LogP contribution in [0.5, 0.6) is 0 Å². The first-order valence-electron chi connectivity index (χ1n) is 11.9. The number of pyridine rings is 1. The molecule has 1 saturated heterocycles. The molecular weight excluding hydrogens is 576 g/mol. The summed E-state index contributed by atoms with van der Waals surface area (Å²) in [6.45, 7) is 0.675. The van der Waals surface area contributed by atoms with Crippen molar-refractivity contribution in [3.63, 3.8) is 0 Å². The Labute approximate surface area is 232 Å². The lowest BCUT2D eigenvalue weighted by Crippen LogP contribution is -2.38. The number of likely N-dealkylation sites (tertiary alicyclic amines) is 1. The predicted octanol–water partition coefficient (Wildman–Crippen LogP) is 6.77. The first-order chi connectivity index (χ1) is 18.5. The van der Waals surface area contributed by atoms with Gasteiger partial charge in [-0.2, -0.15) is 0 Å². The summed E-state index contributed by atoms with van der Waals surface area (Å²) in [4.78, 5) is 20.5. The third-order valence-corrected chi connectivity index (χ3v) is 8.74. The Kier molecular flexibility index (Phi) is 7.49. The van der Waals surface area contributed by atoms with E-state index < -0.39 is 33.1 Å². The van der Waals surface area contributed by atoms with Gasteiger partial charge in [0.25, 0.3) is 22.4 Å². The summed E-state index contributed by atoms with van der Waals surface area (Å²) < 4.78 is 69.4. The second-order valence-corrected chi connectivity index (χ2v) is 11.6. The van der Waals surface area contributed by atoms with Crippen LogP contribution < -0.4 is 4.72 Å². The zero-order chi connectivity index (χ0) is 27.9. The van der Waals surface area contributed by atoms with Gasteiger partial charge in [-0.15, -0.1) is 0 Å². The van der Waals surface area contributed by atoms with Gasteiger partial charge in [0, 0.05) is 36.4 Å². The second-order valence-electron chi connectivity index (χ2n) is 9.11. The van der Waals surface area contributed by atoms with E-state index in [1.165, 1.54) is 41.6 Å². The zero-order valence-electron chi connectivity index (χ0n) is 20.1. The van der Waals surface area contributed by atoms with E-state index in [0.717, 1.165) is 17.7 Å². The van der Waals surface area contributed by atoms with Crippen LogP contribution in [0.1, 0.15) is 46.8 Å². The highest BCUT2D eigenvalue weighted by Crippen LogP contribution is 2.36. The number of aromatic nitrogens is 2. The topological polar surface area (TPSA) is 95.2 Å². The highest BCUT2D eigenvalue weighted by Gasteiger charge is 2.27. The van der Waals surface area contributed by atoms with Gasteiger partial charge >= 0.3 is 0 Å². The molecule has 0 unspecified atom stereocenters. The lowest BCUT2D eigenvalue weighted by molar-refractivity contribution is 0.0712. The van der Waals surface area contributed by atoms with Gasteiger partial charge in [0.1, 0.15) is 16.4 Å². The molecule has 3 heterocycles. The van der Waals surface area contributed by atoms with E-state index in [-0.39, 0.29) is 22.9 Å². The van der Waals surface area contributed by atoms with E-state index in [0.29, 0.717) is 46.9 Å². The average Bonchev–Trinajstić information content (AvgIpc) is 3.32. The van der Waals surface area contributed by atoms with Gasteiger partial charge in [0.15, 0.2) is 0 Å². The lowest BCUT2D eigenvalue weighted by Gasteiger charge is -2.32. The van der Waals surface area contributed by atoms with E-state index in [1.54, 1.807) is 6.07 Å². The Morgan fingerprint density at radius 2 is 1.82 bits per heavy atom. The highest BCUT2D eigenvalue weighted by atomic mass is 35.5. The molecule has 0 spiro atoms. The number of alkyl halides is 2. The first kappa shape index (κ1) is 27.3. The average molecular weight is 597 g/mol. The number of sulfonamides is 1. The molecule has 1 aliphatic heterocycles. The molecule has 0 aliphatic carbocycles. The van der Waals surface area contributed by atoms with Crippen molar-refractivity contribution in [3.05, 3.63) is 87.5 Å². The summed E-state index contributed by atoms with van der Waals surface area (Å²) in [5, 5.41) is 1.03. The van der Waals surface area contributed by atoms with Crippen molar-refractivity contribution >= 4 is 55.7 Å². The molecule has 4 aromatic rings. The number of carbonyl (C=O) groups is 1. The van der Waals surface area contributed by atoms with E-state index in [9.17, 15) is 22.0 Å². The van der Waals surface area contributed by atoms with Crippen molar-refractivity contribution in [1.82, 2.24) is 14.9 Å². The molecule has 0 bridgehead atoms. The maximum absolute atomic E-state index is 15.0. The maximum atomic E-state index is 15.0. The molecule has 0 atom stereocenters. The van der Waals surface area contributed by atoms with Crippen molar-refractivity contribution < 1.29 is 26.4 Å². The summed E-state index contributed by atoms with van der Waals surface area (Å²) in [5.41, 5.74) is 0.907. The summed E-state index contributed by atoms with van der Waals surface area (Å²) in [5.74, 6) is -1.55. The maximum Gasteiger partial charge on any atom is 0.280 e. The molecule has 2 aromatic carbocycles. The first-order valence-corrected chi connectivity index (χ1v) is 14.1. The fourth-order valence-corrected chi connectivity index (χ4v) is 6.43. The summed E-state index contributed by atoms with van der Waals surface area (Å²) in [6.07, 6.45) is 1.22. The zero-order valence-corrected chi connectivity index (χ0v) is 22.4. The minimum Gasteiger partial charge on any atom is -0.358 e. The van der Waals surface area contributed by atoms with Crippen molar-refractivity contribution in [2.24, 2.45) is 0 Å². The quantitative estimate of drug-likeness (QED) is 0.257. The smallest absolute Gasteiger partial charge is 0.280 e. The molecule has 2 aromatic heterocycles. The van der Waals surface area contributed by atoms with Gasteiger partial charge in [-0.25, -0.2) is 21.6 Å². The molecule has 1 aliphatic rings. The third kappa shape index (κ3) is 5.43. The van der Waals surface area contributed by atoms with E-state index >= 15 is 4.39 Å². The molecule has 1 fully saturated rings.